The number of aromatic nitrogens is 2. The lowest BCUT2D eigenvalue weighted by Crippen LogP contribution is -1.98. The Morgan fingerprint density at radius 2 is 2.54 bits per heavy atom. The van der Waals surface area contributed by atoms with E-state index in [1.165, 1.54) is 4.88 Å². The van der Waals surface area contributed by atoms with Crippen molar-refractivity contribution in [3.8, 4) is 0 Å². The van der Waals surface area contributed by atoms with E-state index < -0.39 is 0 Å². The normalized spacial score (nSPS) is 10.2. The van der Waals surface area contributed by atoms with E-state index in [1.807, 2.05) is 13.1 Å². The van der Waals surface area contributed by atoms with Crippen molar-refractivity contribution in [2.24, 2.45) is 0 Å². The lowest BCUT2D eigenvalue weighted by atomic mass is 10.5. The topological polar surface area (TPSA) is 40.7 Å². The Bertz CT molecular complexity index is 364. The summed E-state index contributed by atoms with van der Waals surface area (Å²) in [5.74, 6) is 0.839. The van der Waals surface area contributed by atoms with Crippen LogP contribution in [0.25, 0.3) is 0 Å². The molecule has 0 spiro atoms. The van der Waals surface area contributed by atoms with Crippen LogP contribution in [0.3, 0.4) is 0 Å². The molecule has 0 aliphatic rings. The lowest BCUT2D eigenvalue weighted by molar-refractivity contribution is 1.11. The van der Waals surface area contributed by atoms with Crippen LogP contribution in [0.5, 0.6) is 0 Å². The number of thiophene rings is 1. The second kappa shape index (κ2) is 3.62. The Morgan fingerprint density at radius 1 is 1.62 bits per heavy atom. The lowest BCUT2D eigenvalue weighted by Gasteiger charge is -1.98. The summed E-state index contributed by atoms with van der Waals surface area (Å²) in [6.07, 6.45) is 1.82. The standard InChI is InChI=1S/C9H11N3S/c1-7-5-10-9(12-7)11-6-8-3-2-4-13-8/h2-5H,6H2,1H3,(H2,10,11,12). The van der Waals surface area contributed by atoms with Gasteiger partial charge in [0.15, 0.2) is 0 Å². The molecule has 0 aliphatic heterocycles. The van der Waals surface area contributed by atoms with Gasteiger partial charge in [0.2, 0.25) is 5.95 Å². The number of aromatic amines is 1. The van der Waals surface area contributed by atoms with Gasteiger partial charge >= 0.3 is 0 Å². The van der Waals surface area contributed by atoms with E-state index in [0.717, 1.165) is 18.2 Å². The Kier molecular flexibility index (Phi) is 2.31. The molecule has 0 aromatic carbocycles. The van der Waals surface area contributed by atoms with Crippen molar-refractivity contribution in [3.63, 3.8) is 0 Å². The molecule has 68 valence electrons. The predicted molar refractivity (Wildman–Crippen MR) is 55.0 cm³/mol. The Hall–Kier alpha value is -1.29. The van der Waals surface area contributed by atoms with E-state index in [1.54, 1.807) is 11.3 Å². The fourth-order valence-electron chi connectivity index (χ4n) is 1.09. The van der Waals surface area contributed by atoms with Crippen LogP contribution >= 0.6 is 11.3 Å². The second-order valence-corrected chi connectivity index (χ2v) is 3.88. The van der Waals surface area contributed by atoms with Gasteiger partial charge in [-0.1, -0.05) is 6.07 Å². The van der Waals surface area contributed by atoms with Gasteiger partial charge in [-0.05, 0) is 18.4 Å². The fraction of sp³-hybridized carbons (Fsp3) is 0.222. The summed E-state index contributed by atoms with van der Waals surface area (Å²) in [5, 5.41) is 5.29. The highest BCUT2D eigenvalue weighted by Crippen LogP contribution is 2.10. The third kappa shape index (κ3) is 2.09. The summed E-state index contributed by atoms with van der Waals surface area (Å²) in [6.45, 7) is 2.83. The Morgan fingerprint density at radius 3 is 3.15 bits per heavy atom. The number of hydrogen-bond acceptors (Lipinski definition) is 3. The largest absolute Gasteiger partial charge is 0.351 e. The van der Waals surface area contributed by atoms with Crippen LogP contribution in [-0.2, 0) is 6.54 Å². The molecule has 0 saturated carbocycles. The van der Waals surface area contributed by atoms with Gasteiger partial charge in [0.25, 0.3) is 0 Å². The zero-order valence-electron chi connectivity index (χ0n) is 7.37. The van der Waals surface area contributed by atoms with Crippen molar-refractivity contribution >= 4 is 17.3 Å². The van der Waals surface area contributed by atoms with Crippen molar-refractivity contribution < 1.29 is 0 Å². The first-order valence-corrected chi connectivity index (χ1v) is 5.00. The summed E-state index contributed by atoms with van der Waals surface area (Å²) in [5.41, 5.74) is 1.08. The number of hydrogen-bond donors (Lipinski definition) is 2. The van der Waals surface area contributed by atoms with Gasteiger partial charge in [0, 0.05) is 16.8 Å². The molecule has 0 unspecified atom stereocenters. The van der Waals surface area contributed by atoms with Crippen LogP contribution in [0, 0.1) is 6.92 Å². The first-order chi connectivity index (χ1) is 6.34. The second-order valence-electron chi connectivity index (χ2n) is 2.85. The molecule has 2 aromatic heterocycles. The average Bonchev–Trinajstić information content (AvgIpc) is 2.71. The smallest absolute Gasteiger partial charge is 0.200 e. The number of anilines is 1. The third-order valence-corrected chi connectivity index (χ3v) is 2.59. The first kappa shape index (κ1) is 8.31. The molecule has 0 atom stereocenters. The third-order valence-electron chi connectivity index (χ3n) is 1.71. The van der Waals surface area contributed by atoms with Crippen molar-refractivity contribution in [1.82, 2.24) is 9.97 Å². The van der Waals surface area contributed by atoms with Crippen LogP contribution in [0.2, 0.25) is 0 Å². The molecule has 13 heavy (non-hydrogen) atoms. The molecule has 0 aliphatic carbocycles. The van der Waals surface area contributed by atoms with E-state index in [4.69, 9.17) is 0 Å². The molecule has 2 rings (SSSR count). The number of nitrogens with zero attached hydrogens (tertiary/aromatic N) is 1. The molecule has 0 bridgehead atoms. The van der Waals surface area contributed by atoms with Crippen molar-refractivity contribution in [3.05, 3.63) is 34.3 Å². The Balaban J connectivity index is 1.93. The van der Waals surface area contributed by atoms with Gasteiger partial charge in [0.05, 0.1) is 6.54 Å². The van der Waals surface area contributed by atoms with Gasteiger partial charge in [-0.3, -0.25) is 0 Å². The summed E-state index contributed by atoms with van der Waals surface area (Å²) < 4.78 is 0. The summed E-state index contributed by atoms with van der Waals surface area (Å²) in [4.78, 5) is 8.59. The molecule has 3 nitrogen and oxygen atoms in total. The van der Waals surface area contributed by atoms with Gasteiger partial charge in [-0.25, -0.2) is 4.98 Å². The van der Waals surface area contributed by atoms with E-state index in [-0.39, 0.29) is 0 Å². The zero-order chi connectivity index (χ0) is 9.10. The maximum atomic E-state index is 4.15. The minimum atomic E-state index is 0.838. The molecular weight excluding hydrogens is 182 g/mol. The van der Waals surface area contributed by atoms with Crippen molar-refractivity contribution in [1.29, 1.82) is 0 Å². The van der Waals surface area contributed by atoms with Gasteiger partial charge in [-0.15, -0.1) is 11.3 Å². The molecule has 0 radical (unpaired) electrons. The quantitative estimate of drug-likeness (QED) is 0.785. The highest BCUT2D eigenvalue weighted by Gasteiger charge is 1.96. The predicted octanol–water partition coefficient (Wildman–Crippen LogP) is 2.39. The highest BCUT2D eigenvalue weighted by atomic mass is 32.1. The molecule has 0 saturated heterocycles. The van der Waals surface area contributed by atoms with Crippen LogP contribution in [-0.4, -0.2) is 9.97 Å². The molecule has 0 amide bonds. The fourth-order valence-corrected chi connectivity index (χ4v) is 1.73. The maximum Gasteiger partial charge on any atom is 0.200 e. The molecule has 2 heterocycles. The van der Waals surface area contributed by atoms with Crippen LogP contribution in [0.4, 0.5) is 5.95 Å². The van der Waals surface area contributed by atoms with Crippen molar-refractivity contribution in [2.75, 3.05) is 5.32 Å². The number of aryl methyl sites for hydroxylation is 1. The van der Waals surface area contributed by atoms with Crippen LogP contribution in [0.15, 0.2) is 23.7 Å². The van der Waals surface area contributed by atoms with Gasteiger partial charge in [-0.2, -0.15) is 0 Å². The molecular formula is C9H11N3S. The average molecular weight is 193 g/mol. The highest BCUT2D eigenvalue weighted by molar-refractivity contribution is 7.09. The van der Waals surface area contributed by atoms with E-state index in [0.29, 0.717) is 0 Å². The monoisotopic (exact) mass is 193 g/mol. The molecule has 0 fully saturated rings. The summed E-state index contributed by atoms with van der Waals surface area (Å²) in [7, 11) is 0. The Labute approximate surface area is 80.8 Å². The van der Waals surface area contributed by atoms with Gasteiger partial charge < -0.3 is 10.3 Å². The van der Waals surface area contributed by atoms with E-state index in [2.05, 4.69) is 32.8 Å². The summed E-state index contributed by atoms with van der Waals surface area (Å²) in [6, 6.07) is 4.16. The van der Waals surface area contributed by atoms with Crippen LogP contribution < -0.4 is 5.32 Å². The molecule has 4 heteroatoms. The SMILES string of the molecule is Cc1cnc(NCc2cccs2)[nH]1. The molecule has 2 aromatic rings. The number of rotatable bonds is 3. The summed E-state index contributed by atoms with van der Waals surface area (Å²) >= 11 is 1.74. The van der Waals surface area contributed by atoms with Crippen LogP contribution in [0.1, 0.15) is 10.6 Å². The minimum Gasteiger partial charge on any atom is -0.351 e. The number of H-pyrrole nitrogens is 1. The van der Waals surface area contributed by atoms with Crippen molar-refractivity contribution in [2.45, 2.75) is 13.5 Å². The maximum absolute atomic E-state index is 4.15. The number of imidazole rings is 1. The van der Waals surface area contributed by atoms with Gasteiger partial charge in [0.1, 0.15) is 0 Å². The first-order valence-electron chi connectivity index (χ1n) is 4.12. The number of nitrogens with one attached hydrogen (secondary N) is 2. The van der Waals surface area contributed by atoms with E-state index in [9.17, 15) is 0 Å². The van der Waals surface area contributed by atoms with E-state index >= 15 is 0 Å². The zero-order valence-corrected chi connectivity index (χ0v) is 8.19. The minimum absolute atomic E-state index is 0.838. The molecule has 2 N–H and O–H groups in total.